The molecule has 6 heteroatoms. The van der Waals surface area contributed by atoms with Gasteiger partial charge in [0, 0.05) is 23.1 Å². The van der Waals surface area contributed by atoms with E-state index in [-0.39, 0.29) is 52.8 Å². The van der Waals surface area contributed by atoms with Crippen molar-refractivity contribution in [3.63, 3.8) is 0 Å². The van der Waals surface area contributed by atoms with Crippen LogP contribution in [0.25, 0.3) is 0 Å². The van der Waals surface area contributed by atoms with Crippen LogP contribution in [-0.4, -0.2) is 38.3 Å². The summed E-state index contributed by atoms with van der Waals surface area (Å²) >= 11 is 0. The number of carbonyl (C=O) groups excluding carboxylic acids is 3. The Labute approximate surface area is 161 Å². The fourth-order valence-corrected chi connectivity index (χ4v) is 4.41. The first-order chi connectivity index (χ1) is 13.2. The molecule has 3 N–H and O–H groups in total. The van der Waals surface area contributed by atoms with Gasteiger partial charge in [0.2, 0.25) is 0 Å². The van der Waals surface area contributed by atoms with Crippen LogP contribution in [0, 0.1) is 0 Å². The summed E-state index contributed by atoms with van der Waals surface area (Å²) in [5.41, 5.74) is -0.375. The van der Waals surface area contributed by atoms with Gasteiger partial charge in [-0.15, -0.1) is 0 Å². The van der Waals surface area contributed by atoms with Crippen LogP contribution in [0.4, 0.5) is 0 Å². The summed E-state index contributed by atoms with van der Waals surface area (Å²) in [5.74, 6) is -1.65. The van der Waals surface area contributed by atoms with Crippen molar-refractivity contribution >= 4 is 17.3 Å². The monoisotopic (exact) mass is 380 g/mol. The number of aliphatic hydroxyl groups excluding tert-OH is 1. The molecule has 4 rings (SSSR count). The van der Waals surface area contributed by atoms with Crippen LogP contribution in [0.1, 0.15) is 74.9 Å². The first-order valence-electron chi connectivity index (χ1n) is 9.18. The van der Waals surface area contributed by atoms with Crippen LogP contribution in [0.15, 0.2) is 24.3 Å². The third kappa shape index (κ3) is 2.38. The van der Waals surface area contributed by atoms with Gasteiger partial charge >= 0.3 is 0 Å². The Morgan fingerprint density at radius 2 is 1.64 bits per heavy atom. The van der Waals surface area contributed by atoms with E-state index in [9.17, 15) is 29.7 Å². The molecule has 0 fully saturated rings. The Morgan fingerprint density at radius 3 is 2.18 bits per heavy atom. The number of benzene rings is 2. The lowest BCUT2D eigenvalue weighted by molar-refractivity contribution is -0.136. The maximum Gasteiger partial charge on any atom is 0.198 e. The summed E-state index contributed by atoms with van der Waals surface area (Å²) in [6, 6.07) is 6.36. The minimum Gasteiger partial charge on any atom is -0.507 e. The van der Waals surface area contributed by atoms with Gasteiger partial charge in [-0.1, -0.05) is 24.3 Å². The largest absolute Gasteiger partial charge is 0.507 e. The fraction of sp³-hybridized carbons (Fsp3) is 0.318. The predicted octanol–water partition coefficient (Wildman–Crippen LogP) is 2.03. The van der Waals surface area contributed by atoms with Gasteiger partial charge in [-0.05, 0) is 43.4 Å². The zero-order valence-corrected chi connectivity index (χ0v) is 15.6. The van der Waals surface area contributed by atoms with E-state index in [1.165, 1.54) is 26.0 Å². The molecule has 144 valence electrons. The molecule has 2 atom stereocenters. The number of rotatable bonds is 2. The Kier molecular flexibility index (Phi) is 4.03. The van der Waals surface area contributed by atoms with Crippen molar-refractivity contribution in [3.05, 3.63) is 63.2 Å². The lowest BCUT2D eigenvalue weighted by Gasteiger charge is -2.35. The van der Waals surface area contributed by atoms with Crippen molar-refractivity contribution in [1.82, 2.24) is 0 Å². The van der Waals surface area contributed by atoms with Gasteiger partial charge in [0.15, 0.2) is 17.3 Å². The van der Waals surface area contributed by atoms with E-state index in [1.54, 1.807) is 12.1 Å². The average molecular weight is 380 g/mol. The van der Waals surface area contributed by atoms with E-state index in [2.05, 4.69) is 0 Å². The van der Waals surface area contributed by atoms with Gasteiger partial charge in [-0.2, -0.15) is 0 Å². The second-order valence-electron chi connectivity index (χ2n) is 7.61. The van der Waals surface area contributed by atoms with E-state index < -0.39 is 29.1 Å². The van der Waals surface area contributed by atoms with Crippen molar-refractivity contribution in [3.8, 4) is 5.75 Å². The van der Waals surface area contributed by atoms with Crippen molar-refractivity contribution in [2.24, 2.45) is 0 Å². The normalized spacial score (nSPS) is 21.6. The number of fused-ring (bicyclic) bond motifs is 3. The number of aromatic hydroxyl groups is 1. The van der Waals surface area contributed by atoms with E-state index in [0.29, 0.717) is 11.1 Å². The molecule has 2 aromatic carbocycles. The third-order valence-corrected chi connectivity index (χ3v) is 5.93. The number of phenolic OH excluding ortho intramolecular Hbond substituents is 1. The van der Waals surface area contributed by atoms with Crippen molar-refractivity contribution in [1.29, 1.82) is 0 Å². The molecule has 2 aliphatic carbocycles. The zero-order valence-electron chi connectivity index (χ0n) is 15.6. The first kappa shape index (κ1) is 18.5. The predicted molar refractivity (Wildman–Crippen MR) is 99.7 cm³/mol. The molecule has 0 aliphatic heterocycles. The van der Waals surface area contributed by atoms with Crippen molar-refractivity contribution in [2.75, 3.05) is 0 Å². The molecular formula is C22H20O6. The topological polar surface area (TPSA) is 112 Å². The smallest absolute Gasteiger partial charge is 0.198 e. The highest BCUT2D eigenvalue weighted by Crippen LogP contribution is 2.45. The fourth-order valence-electron chi connectivity index (χ4n) is 4.41. The van der Waals surface area contributed by atoms with Gasteiger partial charge in [0.25, 0.3) is 0 Å². The highest BCUT2D eigenvalue weighted by atomic mass is 16.3. The van der Waals surface area contributed by atoms with Crippen LogP contribution >= 0.6 is 0 Å². The molecule has 0 saturated heterocycles. The van der Waals surface area contributed by atoms with E-state index >= 15 is 0 Å². The summed E-state index contributed by atoms with van der Waals surface area (Å²) < 4.78 is 0. The highest BCUT2D eigenvalue weighted by molar-refractivity contribution is 6.30. The van der Waals surface area contributed by atoms with Crippen LogP contribution in [-0.2, 0) is 17.6 Å². The summed E-state index contributed by atoms with van der Waals surface area (Å²) in [6.45, 7) is 2.75. The Hall–Kier alpha value is -2.83. The molecule has 0 amide bonds. The highest BCUT2D eigenvalue weighted by Gasteiger charge is 2.44. The molecule has 28 heavy (non-hydrogen) atoms. The molecule has 0 saturated carbocycles. The second-order valence-corrected chi connectivity index (χ2v) is 7.61. The molecule has 2 aromatic rings. The van der Waals surface area contributed by atoms with Gasteiger partial charge in [0.05, 0.1) is 11.7 Å². The number of Topliss-reactive ketones (excluding diaryl/α,β-unsaturated/α-hetero) is 1. The minimum atomic E-state index is -1.63. The Balaban J connectivity index is 2.07. The maximum atomic E-state index is 13.2. The quantitative estimate of drug-likeness (QED) is 0.627. The maximum absolute atomic E-state index is 13.2. The van der Waals surface area contributed by atoms with Crippen LogP contribution in [0.5, 0.6) is 5.75 Å². The Bertz CT molecular complexity index is 1070. The molecule has 0 aromatic heterocycles. The van der Waals surface area contributed by atoms with Gasteiger partial charge in [-0.3, -0.25) is 14.4 Å². The first-order valence-corrected chi connectivity index (χ1v) is 9.18. The molecule has 6 nitrogen and oxygen atoms in total. The number of ketones is 3. The lowest BCUT2D eigenvalue weighted by Crippen LogP contribution is -2.43. The standard InChI is InChI=1S/C22H20O6/c1-10(23)16-15-9-22(28,11(2)24)8-7-14(15)21(27)18-17(16)19(25)12-5-3-4-6-13(12)20(18)26/h3-6,10,23,27-28H,7-9H2,1-2H3/t10-,22-/m1/s1. The minimum absolute atomic E-state index is 0.0391. The summed E-state index contributed by atoms with van der Waals surface area (Å²) in [4.78, 5) is 38.3. The number of hydrogen-bond donors (Lipinski definition) is 3. The summed E-state index contributed by atoms with van der Waals surface area (Å²) in [7, 11) is 0. The van der Waals surface area contributed by atoms with Gasteiger partial charge in [0.1, 0.15) is 11.4 Å². The molecule has 0 unspecified atom stereocenters. The van der Waals surface area contributed by atoms with Crippen molar-refractivity contribution in [2.45, 2.75) is 44.8 Å². The van der Waals surface area contributed by atoms with Gasteiger partial charge in [-0.25, -0.2) is 0 Å². The number of carbonyl (C=O) groups is 3. The number of hydrogen-bond acceptors (Lipinski definition) is 6. The zero-order chi connectivity index (χ0) is 20.4. The van der Waals surface area contributed by atoms with Crippen LogP contribution < -0.4 is 0 Å². The SMILES string of the molecule is CC(=O)[C@@]1(O)CCc2c(O)c3c(c([C@@H](C)O)c2C1)C(=O)c1ccccc1C3=O. The summed E-state index contributed by atoms with van der Waals surface area (Å²) in [5, 5.41) is 32.1. The number of aliphatic hydroxyl groups is 2. The average Bonchev–Trinajstić information content (AvgIpc) is 2.65. The molecule has 0 bridgehead atoms. The number of phenols is 1. The Morgan fingerprint density at radius 1 is 1.07 bits per heavy atom. The molecule has 2 aliphatic rings. The molecular weight excluding hydrogens is 360 g/mol. The molecule has 0 radical (unpaired) electrons. The van der Waals surface area contributed by atoms with Gasteiger partial charge < -0.3 is 15.3 Å². The van der Waals surface area contributed by atoms with Crippen molar-refractivity contribution < 1.29 is 29.7 Å². The van der Waals surface area contributed by atoms with Crippen LogP contribution in [0.2, 0.25) is 0 Å². The molecule has 0 heterocycles. The summed E-state index contributed by atoms with van der Waals surface area (Å²) in [6.07, 6.45) is -0.992. The van der Waals surface area contributed by atoms with Crippen LogP contribution in [0.3, 0.4) is 0 Å². The third-order valence-electron chi connectivity index (χ3n) is 5.93. The van der Waals surface area contributed by atoms with E-state index in [1.807, 2.05) is 0 Å². The molecule has 0 spiro atoms. The van der Waals surface area contributed by atoms with E-state index in [0.717, 1.165) is 0 Å². The second kappa shape index (κ2) is 6.09. The van der Waals surface area contributed by atoms with E-state index in [4.69, 9.17) is 0 Å². The lowest BCUT2D eigenvalue weighted by atomic mass is 9.70.